The summed E-state index contributed by atoms with van der Waals surface area (Å²) in [5.74, 6) is -0.167. The molecular formula is C12H10N4OS. The van der Waals surface area contributed by atoms with Gasteiger partial charge in [-0.15, -0.1) is 11.3 Å². The molecule has 1 N–H and O–H groups in total. The van der Waals surface area contributed by atoms with Gasteiger partial charge in [0, 0.05) is 29.7 Å². The summed E-state index contributed by atoms with van der Waals surface area (Å²) in [6.45, 7) is 1.95. The maximum atomic E-state index is 12.0. The Hall–Kier alpha value is -2.21. The number of anilines is 1. The normalized spacial score (nSPS) is 10.7. The predicted molar refractivity (Wildman–Crippen MR) is 70.0 cm³/mol. The number of amides is 1. The topological polar surface area (TPSA) is 59.3 Å². The van der Waals surface area contributed by atoms with Gasteiger partial charge in [0.2, 0.25) is 0 Å². The van der Waals surface area contributed by atoms with E-state index in [4.69, 9.17) is 0 Å². The van der Waals surface area contributed by atoms with Crippen LogP contribution >= 0.6 is 11.3 Å². The highest BCUT2D eigenvalue weighted by Gasteiger charge is 2.09. The van der Waals surface area contributed by atoms with Crippen molar-refractivity contribution >= 4 is 28.0 Å². The van der Waals surface area contributed by atoms with Crippen molar-refractivity contribution in [2.45, 2.75) is 6.92 Å². The second kappa shape index (κ2) is 4.23. The molecule has 0 radical (unpaired) electrons. The van der Waals surface area contributed by atoms with E-state index < -0.39 is 0 Å². The van der Waals surface area contributed by atoms with Gasteiger partial charge < -0.3 is 4.40 Å². The molecule has 3 heterocycles. The number of aromatic nitrogens is 3. The lowest BCUT2D eigenvalue weighted by molar-refractivity contribution is 0.102. The third kappa shape index (κ3) is 1.98. The smallest absolute Gasteiger partial charge is 0.258 e. The zero-order valence-corrected chi connectivity index (χ0v) is 10.4. The highest BCUT2D eigenvalue weighted by atomic mass is 32.1. The van der Waals surface area contributed by atoms with Gasteiger partial charge >= 0.3 is 0 Å². The van der Waals surface area contributed by atoms with Crippen LogP contribution < -0.4 is 5.32 Å². The Morgan fingerprint density at radius 1 is 1.39 bits per heavy atom. The Morgan fingerprint density at radius 3 is 3.06 bits per heavy atom. The first kappa shape index (κ1) is 10.9. The molecule has 18 heavy (non-hydrogen) atoms. The van der Waals surface area contributed by atoms with Crippen LogP contribution in [0.1, 0.15) is 15.2 Å². The van der Waals surface area contributed by atoms with E-state index in [2.05, 4.69) is 15.3 Å². The van der Waals surface area contributed by atoms with Gasteiger partial charge in [0.05, 0.1) is 5.56 Å². The number of imidazole rings is 1. The van der Waals surface area contributed by atoms with Crippen LogP contribution in [-0.2, 0) is 0 Å². The van der Waals surface area contributed by atoms with Crippen molar-refractivity contribution in [2.24, 2.45) is 0 Å². The van der Waals surface area contributed by atoms with Gasteiger partial charge in [0.15, 0.2) is 5.13 Å². The summed E-state index contributed by atoms with van der Waals surface area (Å²) >= 11 is 1.45. The minimum atomic E-state index is -0.167. The zero-order chi connectivity index (χ0) is 12.5. The van der Waals surface area contributed by atoms with Crippen LogP contribution in [-0.4, -0.2) is 20.3 Å². The molecule has 5 nitrogen and oxygen atoms in total. The average molecular weight is 258 g/mol. The van der Waals surface area contributed by atoms with Crippen molar-refractivity contribution in [3.05, 3.63) is 47.4 Å². The van der Waals surface area contributed by atoms with Gasteiger partial charge in [-0.2, -0.15) is 0 Å². The number of carbonyl (C=O) groups is 1. The fourth-order valence-electron chi connectivity index (χ4n) is 1.64. The summed E-state index contributed by atoms with van der Waals surface area (Å²) in [6.07, 6.45) is 6.98. The first-order valence-electron chi connectivity index (χ1n) is 5.39. The third-order valence-corrected chi connectivity index (χ3v) is 3.32. The lowest BCUT2D eigenvalue weighted by Crippen LogP contribution is -2.12. The zero-order valence-electron chi connectivity index (χ0n) is 9.62. The van der Waals surface area contributed by atoms with E-state index in [0.717, 1.165) is 10.5 Å². The van der Waals surface area contributed by atoms with Crippen LogP contribution in [0, 0.1) is 6.92 Å². The molecule has 0 aliphatic heterocycles. The van der Waals surface area contributed by atoms with Crippen LogP contribution in [0.4, 0.5) is 5.13 Å². The standard InChI is InChI=1S/C12H10N4OS/c1-8-6-14-12(18-8)15-11(17)9-2-3-10-13-4-5-16(10)7-9/h2-7H,1H3,(H,14,15,17). The average Bonchev–Trinajstić information content (AvgIpc) is 2.96. The monoisotopic (exact) mass is 258 g/mol. The molecule has 3 aromatic rings. The number of aryl methyl sites for hydroxylation is 1. The van der Waals surface area contributed by atoms with Gasteiger partial charge in [0.25, 0.3) is 5.91 Å². The molecule has 0 fully saturated rings. The summed E-state index contributed by atoms with van der Waals surface area (Å²) in [5.41, 5.74) is 1.39. The number of hydrogen-bond donors (Lipinski definition) is 1. The molecule has 0 atom stereocenters. The number of carbonyl (C=O) groups excluding carboxylic acids is 1. The lowest BCUT2D eigenvalue weighted by Gasteiger charge is -2.02. The molecule has 0 saturated carbocycles. The van der Waals surface area contributed by atoms with Gasteiger partial charge in [-0.1, -0.05) is 0 Å². The Bertz CT molecular complexity index is 716. The Morgan fingerprint density at radius 2 is 2.28 bits per heavy atom. The fourth-order valence-corrected chi connectivity index (χ4v) is 2.30. The highest BCUT2D eigenvalue weighted by Crippen LogP contribution is 2.17. The molecule has 0 aliphatic rings. The van der Waals surface area contributed by atoms with E-state index >= 15 is 0 Å². The number of nitrogens with zero attached hydrogens (tertiary/aromatic N) is 3. The summed E-state index contributed by atoms with van der Waals surface area (Å²) in [4.78, 5) is 21.3. The van der Waals surface area contributed by atoms with Crippen LogP contribution in [0.2, 0.25) is 0 Å². The second-order valence-electron chi connectivity index (χ2n) is 3.84. The van der Waals surface area contributed by atoms with Crippen LogP contribution in [0.25, 0.3) is 5.65 Å². The van der Waals surface area contributed by atoms with Crippen LogP contribution in [0.5, 0.6) is 0 Å². The Labute approximate surface area is 107 Å². The molecular weight excluding hydrogens is 248 g/mol. The number of nitrogens with one attached hydrogen (secondary N) is 1. The van der Waals surface area contributed by atoms with Gasteiger partial charge in [0.1, 0.15) is 5.65 Å². The van der Waals surface area contributed by atoms with E-state index in [-0.39, 0.29) is 5.91 Å². The van der Waals surface area contributed by atoms with Crippen molar-refractivity contribution in [3.63, 3.8) is 0 Å². The molecule has 0 aliphatic carbocycles. The van der Waals surface area contributed by atoms with E-state index in [1.165, 1.54) is 11.3 Å². The van der Waals surface area contributed by atoms with E-state index in [0.29, 0.717) is 10.7 Å². The minimum Gasteiger partial charge on any atom is -0.306 e. The maximum absolute atomic E-state index is 12.0. The molecule has 0 saturated heterocycles. The van der Waals surface area contributed by atoms with Crippen LogP contribution in [0.15, 0.2) is 36.9 Å². The van der Waals surface area contributed by atoms with Crippen molar-refractivity contribution < 1.29 is 4.79 Å². The SMILES string of the molecule is Cc1cnc(NC(=O)c2ccc3nccn3c2)s1. The first-order valence-corrected chi connectivity index (χ1v) is 6.20. The largest absolute Gasteiger partial charge is 0.306 e. The van der Waals surface area contributed by atoms with Crippen LogP contribution in [0.3, 0.4) is 0 Å². The number of hydrogen-bond acceptors (Lipinski definition) is 4. The predicted octanol–water partition coefficient (Wildman–Crippen LogP) is 2.35. The number of rotatable bonds is 2. The molecule has 6 heteroatoms. The van der Waals surface area contributed by atoms with Crippen molar-refractivity contribution in [3.8, 4) is 0 Å². The summed E-state index contributed by atoms with van der Waals surface area (Å²) in [6, 6.07) is 3.56. The molecule has 1 amide bonds. The van der Waals surface area contributed by atoms with E-state index in [1.54, 1.807) is 30.9 Å². The van der Waals surface area contributed by atoms with Gasteiger partial charge in [-0.3, -0.25) is 10.1 Å². The van der Waals surface area contributed by atoms with Crippen molar-refractivity contribution in [1.29, 1.82) is 0 Å². The summed E-state index contributed by atoms with van der Waals surface area (Å²) in [7, 11) is 0. The lowest BCUT2D eigenvalue weighted by atomic mass is 10.2. The molecule has 0 aromatic carbocycles. The Balaban J connectivity index is 1.87. The quantitative estimate of drug-likeness (QED) is 0.767. The number of pyridine rings is 1. The third-order valence-electron chi connectivity index (χ3n) is 2.49. The van der Waals surface area contributed by atoms with Crippen molar-refractivity contribution in [1.82, 2.24) is 14.4 Å². The first-order chi connectivity index (χ1) is 8.72. The number of fused-ring (bicyclic) bond motifs is 1. The maximum Gasteiger partial charge on any atom is 0.258 e. The molecule has 0 bridgehead atoms. The molecule has 0 unspecified atom stereocenters. The summed E-state index contributed by atoms with van der Waals surface area (Å²) < 4.78 is 1.81. The minimum absolute atomic E-state index is 0.167. The molecule has 3 aromatic heterocycles. The fraction of sp³-hybridized carbons (Fsp3) is 0.0833. The van der Waals surface area contributed by atoms with E-state index in [9.17, 15) is 4.79 Å². The summed E-state index contributed by atoms with van der Waals surface area (Å²) in [5, 5.41) is 3.38. The molecule has 0 spiro atoms. The van der Waals surface area contributed by atoms with Gasteiger partial charge in [-0.05, 0) is 19.1 Å². The molecule has 90 valence electrons. The highest BCUT2D eigenvalue weighted by molar-refractivity contribution is 7.15. The van der Waals surface area contributed by atoms with E-state index in [1.807, 2.05) is 17.4 Å². The molecule has 3 rings (SSSR count). The number of thiazole rings is 1. The second-order valence-corrected chi connectivity index (χ2v) is 5.08. The van der Waals surface area contributed by atoms with Crippen molar-refractivity contribution in [2.75, 3.05) is 5.32 Å². The van der Waals surface area contributed by atoms with Gasteiger partial charge in [-0.25, -0.2) is 9.97 Å². The Kier molecular flexibility index (Phi) is 2.56.